The van der Waals surface area contributed by atoms with E-state index in [9.17, 15) is 0 Å². The molecule has 0 saturated carbocycles. The number of aromatic nitrogens is 4. The highest BCUT2D eigenvalue weighted by Crippen LogP contribution is 2.48. The second kappa shape index (κ2) is 22.3. The summed E-state index contributed by atoms with van der Waals surface area (Å²) in [6.07, 6.45) is 0. The van der Waals surface area contributed by atoms with Crippen LogP contribution in [0.3, 0.4) is 0 Å². The average molecular weight is 1330 g/mol. The fraction of sp³-hybridized carbons (Fsp3) is 0. The minimum absolute atomic E-state index is 1.13. The Kier molecular flexibility index (Phi) is 12.5. The van der Waals surface area contributed by atoms with Gasteiger partial charge in [0.05, 0.1) is 70.6 Å². The minimum Gasteiger partial charge on any atom is -0.309 e. The van der Waals surface area contributed by atoms with Crippen molar-refractivity contribution >= 4 is 150 Å². The molecule has 0 radical (unpaired) electrons. The summed E-state index contributed by atoms with van der Waals surface area (Å²) in [5, 5.41) is 15.1. The van der Waals surface area contributed by atoms with Gasteiger partial charge in [0.15, 0.2) is 0 Å². The fourth-order valence-corrected chi connectivity index (χ4v) is 19.5. The number of thiophene rings is 2. The third-order valence-corrected chi connectivity index (χ3v) is 24.0. The highest BCUT2D eigenvalue weighted by molar-refractivity contribution is 7.26. The van der Waals surface area contributed by atoms with Crippen LogP contribution < -0.4 is 0 Å². The normalized spacial score (nSPS) is 12.1. The quantitative estimate of drug-likeness (QED) is 0.137. The fourth-order valence-electron chi connectivity index (χ4n) is 17.0. The largest absolute Gasteiger partial charge is 0.309 e. The Morgan fingerprint density at radius 3 is 1.12 bits per heavy atom. The number of fused-ring (bicyclic) bond motifs is 18. The van der Waals surface area contributed by atoms with Crippen molar-refractivity contribution in [3.05, 3.63) is 352 Å². The van der Waals surface area contributed by atoms with Gasteiger partial charge in [-0.1, -0.05) is 231 Å². The van der Waals surface area contributed by atoms with Crippen molar-refractivity contribution in [3.63, 3.8) is 0 Å². The Hall–Kier alpha value is -12.8. The first kappa shape index (κ1) is 57.1. The summed E-state index contributed by atoms with van der Waals surface area (Å²) in [6.45, 7) is 0. The van der Waals surface area contributed by atoms with Crippen LogP contribution in [0.5, 0.6) is 0 Å². The first-order valence-corrected chi connectivity index (χ1v) is 36.6. The summed E-state index contributed by atoms with van der Waals surface area (Å²) in [6, 6.07) is 131. The third kappa shape index (κ3) is 8.55. The maximum Gasteiger partial charge on any atom is 0.0640 e. The van der Waals surface area contributed by atoms with E-state index in [1.807, 2.05) is 22.7 Å². The van der Waals surface area contributed by atoms with Gasteiger partial charge in [-0.3, -0.25) is 0 Å². The molecule has 474 valence electrons. The number of para-hydroxylation sites is 5. The van der Waals surface area contributed by atoms with Crippen LogP contribution in [0, 0.1) is 0 Å². The van der Waals surface area contributed by atoms with E-state index in [0.29, 0.717) is 0 Å². The van der Waals surface area contributed by atoms with Gasteiger partial charge in [0.2, 0.25) is 0 Å². The lowest BCUT2D eigenvalue weighted by Gasteiger charge is -2.14. The van der Waals surface area contributed by atoms with Crippen LogP contribution in [-0.2, 0) is 0 Å². The summed E-state index contributed by atoms with van der Waals surface area (Å²) >= 11 is 3.77. The molecule has 4 nitrogen and oxygen atoms in total. The van der Waals surface area contributed by atoms with Gasteiger partial charge in [-0.05, 0) is 171 Å². The van der Waals surface area contributed by atoms with Crippen molar-refractivity contribution < 1.29 is 0 Å². The van der Waals surface area contributed by atoms with Crippen LogP contribution in [0.4, 0.5) is 0 Å². The van der Waals surface area contributed by atoms with E-state index in [4.69, 9.17) is 0 Å². The molecule has 22 aromatic rings. The van der Waals surface area contributed by atoms with Crippen LogP contribution >= 0.6 is 22.7 Å². The van der Waals surface area contributed by atoms with Gasteiger partial charge in [-0.25, -0.2) is 0 Å². The zero-order chi connectivity index (χ0) is 66.7. The Labute approximate surface area is 594 Å². The standard InChI is InChI=1S/C96H58N4S2/c1-2-21-59(22-3-1)68-27-4-10-36-81(68)98-83-38-12-6-29-71(83)78-56-63(46-50-87(78)98)65-48-52-89-80(58-65)73-31-8-14-40-85(73)100(89)91-42-19-35-76-94-69(33-20-44-93(94)102-96(76)91)66-25-16-23-60(53-66)61-24-17-26-67(54-61)97-82-37-11-5-28-70(82)77-55-62(45-49-86(77)97)64-47-51-88-79(57-64)72-30-7-13-39-84(72)99(88)90-41-18-34-75-74-32-9-15-43-92(74)101-95(75)90/h1-58H. The third-order valence-electron chi connectivity index (χ3n) is 21.6. The Balaban J connectivity index is 0.608. The van der Waals surface area contributed by atoms with E-state index in [0.717, 1.165) is 5.69 Å². The first-order valence-electron chi connectivity index (χ1n) is 35.0. The highest BCUT2D eigenvalue weighted by atomic mass is 32.1. The lowest BCUT2D eigenvalue weighted by Crippen LogP contribution is -1.97. The molecule has 0 N–H and O–H groups in total. The molecule has 0 fully saturated rings. The minimum atomic E-state index is 1.13. The zero-order valence-corrected chi connectivity index (χ0v) is 56.7. The van der Waals surface area contributed by atoms with Crippen molar-refractivity contribution in [3.8, 4) is 78.4 Å². The second-order valence-electron chi connectivity index (χ2n) is 27.0. The van der Waals surface area contributed by atoms with Gasteiger partial charge in [-0.2, -0.15) is 0 Å². The summed E-state index contributed by atoms with van der Waals surface area (Å²) < 4.78 is 15.0. The van der Waals surface area contributed by atoms with Crippen LogP contribution in [0.2, 0.25) is 0 Å². The molecule has 6 heterocycles. The molecule has 0 unspecified atom stereocenters. The Bertz CT molecular complexity index is 7270. The number of nitrogens with zero attached hydrogens (tertiary/aromatic N) is 4. The molecule has 6 aromatic heterocycles. The molecule has 0 saturated heterocycles. The van der Waals surface area contributed by atoms with Crippen molar-refractivity contribution in [2.45, 2.75) is 0 Å². The molecule has 102 heavy (non-hydrogen) atoms. The lowest BCUT2D eigenvalue weighted by atomic mass is 9.95. The van der Waals surface area contributed by atoms with E-state index in [1.165, 1.54) is 200 Å². The number of hydrogen-bond acceptors (Lipinski definition) is 2. The molecule has 0 atom stereocenters. The molecule has 0 bridgehead atoms. The second-order valence-corrected chi connectivity index (χ2v) is 29.1. The number of hydrogen-bond donors (Lipinski definition) is 0. The molecule has 0 aliphatic rings. The monoisotopic (exact) mass is 1330 g/mol. The summed E-state index contributed by atoms with van der Waals surface area (Å²) in [7, 11) is 0. The Morgan fingerprint density at radius 2 is 0.529 bits per heavy atom. The van der Waals surface area contributed by atoms with Gasteiger partial charge in [-0.15, -0.1) is 22.7 Å². The lowest BCUT2D eigenvalue weighted by molar-refractivity contribution is 1.18. The van der Waals surface area contributed by atoms with E-state index >= 15 is 0 Å². The molecule has 22 rings (SSSR count). The van der Waals surface area contributed by atoms with Crippen LogP contribution in [0.1, 0.15) is 0 Å². The van der Waals surface area contributed by atoms with E-state index in [-0.39, 0.29) is 0 Å². The summed E-state index contributed by atoms with van der Waals surface area (Å²) in [5.41, 5.74) is 26.2. The molecule has 0 aliphatic carbocycles. The van der Waals surface area contributed by atoms with Crippen molar-refractivity contribution in [1.82, 2.24) is 18.3 Å². The number of benzene rings is 16. The predicted octanol–water partition coefficient (Wildman–Crippen LogP) is 27.1. The number of rotatable bonds is 9. The Morgan fingerprint density at radius 1 is 0.176 bits per heavy atom. The molecule has 6 heteroatoms. The molecule has 0 amide bonds. The molecular formula is C96H58N4S2. The zero-order valence-electron chi connectivity index (χ0n) is 55.1. The van der Waals surface area contributed by atoms with Gasteiger partial charge in [0, 0.05) is 85.3 Å². The van der Waals surface area contributed by atoms with Crippen molar-refractivity contribution in [1.29, 1.82) is 0 Å². The van der Waals surface area contributed by atoms with Gasteiger partial charge < -0.3 is 18.3 Å². The highest BCUT2D eigenvalue weighted by Gasteiger charge is 2.24. The van der Waals surface area contributed by atoms with Gasteiger partial charge >= 0.3 is 0 Å². The molecule has 0 aliphatic heterocycles. The van der Waals surface area contributed by atoms with Gasteiger partial charge in [0.25, 0.3) is 0 Å². The maximum absolute atomic E-state index is 2.51. The smallest absolute Gasteiger partial charge is 0.0640 e. The molecule has 16 aromatic carbocycles. The summed E-state index contributed by atoms with van der Waals surface area (Å²) in [4.78, 5) is 0. The average Bonchev–Trinajstić information content (AvgIpc) is 1.59. The van der Waals surface area contributed by atoms with Crippen molar-refractivity contribution in [2.24, 2.45) is 0 Å². The summed E-state index contributed by atoms with van der Waals surface area (Å²) in [5.74, 6) is 0. The molecular weight excluding hydrogens is 1270 g/mol. The van der Waals surface area contributed by atoms with Crippen LogP contribution in [0.25, 0.3) is 206 Å². The van der Waals surface area contributed by atoms with E-state index in [1.54, 1.807) is 0 Å². The SMILES string of the molecule is c1ccc(-c2ccccc2-n2c3ccccc3c3cc(-c4ccc5c(c4)c4ccccc4n5-c4cccc5c4sc4cccc(-c6cccc(-c7cccc(-n8c9ccccc9c9cc(-c%10ccc%11c(c%10)c%10ccccc%10n%11-c%10cccc%11c%10sc%10ccccc%10%11)ccc98)c7)c6)c45)ccc32)cc1. The van der Waals surface area contributed by atoms with E-state index < -0.39 is 0 Å². The topological polar surface area (TPSA) is 19.7 Å². The predicted molar refractivity (Wildman–Crippen MR) is 437 cm³/mol. The van der Waals surface area contributed by atoms with Gasteiger partial charge in [0.1, 0.15) is 0 Å². The first-order chi connectivity index (χ1) is 50.6. The maximum atomic E-state index is 2.51. The van der Waals surface area contributed by atoms with E-state index in [2.05, 4.69) is 370 Å². The van der Waals surface area contributed by atoms with Crippen molar-refractivity contribution in [2.75, 3.05) is 0 Å². The molecule has 0 spiro atoms. The van der Waals surface area contributed by atoms with Crippen LogP contribution in [0.15, 0.2) is 352 Å². The van der Waals surface area contributed by atoms with Crippen LogP contribution in [-0.4, -0.2) is 18.3 Å².